The number of nitrogens with one attached hydrogen (secondary N) is 1. The second-order valence-corrected chi connectivity index (χ2v) is 9.53. The molecule has 0 spiro atoms. The molecule has 0 atom stereocenters. The second-order valence-electron chi connectivity index (χ2n) is 8.13. The van der Waals surface area contributed by atoms with E-state index in [1.165, 1.54) is 18.2 Å². The molecule has 1 heterocycles. The van der Waals surface area contributed by atoms with E-state index in [-0.39, 0.29) is 27.8 Å². The number of imide groups is 1. The van der Waals surface area contributed by atoms with Gasteiger partial charge in [-0.15, -0.1) is 0 Å². The van der Waals surface area contributed by atoms with Crippen LogP contribution in [0, 0.1) is 0 Å². The summed E-state index contributed by atoms with van der Waals surface area (Å²) in [4.78, 5) is 51.3. The van der Waals surface area contributed by atoms with Crippen LogP contribution < -0.4 is 14.8 Å². The summed E-state index contributed by atoms with van der Waals surface area (Å²) in [6, 6.07) is 9.60. The summed E-state index contributed by atoms with van der Waals surface area (Å²) in [5.41, 5.74) is 1.03. The number of thioether (sulfide) groups is 1. The largest absolute Gasteiger partial charge is 0.490 e. The van der Waals surface area contributed by atoms with E-state index >= 15 is 0 Å². The number of carbonyl (C=O) groups is 4. The van der Waals surface area contributed by atoms with Crippen molar-refractivity contribution in [3.05, 3.63) is 57.5 Å². The van der Waals surface area contributed by atoms with Crippen LogP contribution in [0.4, 0.5) is 10.5 Å². The molecule has 1 fully saturated rings. The number of amides is 3. The highest BCUT2D eigenvalue weighted by molar-refractivity contribution is 8.18. The van der Waals surface area contributed by atoms with Gasteiger partial charge in [-0.25, -0.2) is 4.79 Å². The standard InChI is InChI=1S/C27H29ClN2O7S/c1-4-11-36-21-10-7-17(13-22(21)35-6-3)14-23-25(32)30(27(34)38-23)16-24(31)29-18-8-9-20(28)19(15-18)26(33)37-12-5-2/h7-10,13-15H,4-6,11-12,16H2,1-3H3,(H,29,31)/b23-14-. The number of ether oxygens (including phenoxy) is 3. The smallest absolute Gasteiger partial charge is 0.339 e. The molecule has 1 aliphatic heterocycles. The van der Waals surface area contributed by atoms with Crippen molar-refractivity contribution < 1.29 is 33.4 Å². The third-order valence-electron chi connectivity index (χ3n) is 5.11. The first-order valence-corrected chi connectivity index (χ1v) is 13.4. The van der Waals surface area contributed by atoms with Gasteiger partial charge in [0.05, 0.1) is 35.3 Å². The topological polar surface area (TPSA) is 111 Å². The number of hydrogen-bond acceptors (Lipinski definition) is 8. The molecule has 0 radical (unpaired) electrons. The van der Waals surface area contributed by atoms with E-state index in [1.807, 2.05) is 20.8 Å². The predicted molar refractivity (Wildman–Crippen MR) is 147 cm³/mol. The fourth-order valence-electron chi connectivity index (χ4n) is 3.38. The number of benzene rings is 2. The highest BCUT2D eigenvalue weighted by Crippen LogP contribution is 2.35. The van der Waals surface area contributed by atoms with Crippen molar-refractivity contribution in [2.45, 2.75) is 33.6 Å². The fourth-order valence-corrected chi connectivity index (χ4v) is 4.41. The van der Waals surface area contributed by atoms with Gasteiger partial charge in [-0.1, -0.05) is 31.5 Å². The Hall–Kier alpha value is -3.50. The Morgan fingerprint density at radius 1 is 1.00 bits per heavy atom. The molecule has 202 valence electrons. The van der Waals surface area contributed by atoms with Crippen LogP contribution in [-0.4, -0.2) is 54.3 Å². The average molecular weight is 561 g/mol. The van der Waals surface area contributed by atoms with Crippen molar-refractivity contribution in [2.24, 2.45) is 0 Å². The van der Waals surface area contributed by atoms with E-state index in [0.717, 1.165) is 23.1 Å². The predicted octanol–water partition coefficient (Wildman–Crippen LogP) is 5.77. The molecule has 1 aliphatic rings. The Kier molecular flexibility index (Phi) is 10.6. The lowest BCUT2D eigenvalue weighted by Gasteiger charge is -2.13. The molecule has 1 N–H and O–H groups in total. The van der Waals surface area contributed by atoms with Gasteiger partial charge in [0.15, 0.2) is 11.5 Å². The summed E-state index contributed by atoms with van der Waals surface area (Å²) in [6.45, 7) is 6.45. The number of anilines is 1. The Morgan fingerprint density at radius 3 is 2.47 bits per heavy atom. The SMILES string of the molecule is CCCOC(=O)c1cc(NC(=O)CN2C(=O)S/C(=C\c3ccc(OCCC)c(OCC)c3)C2=O)ccc1Cl. The van der Waals surface area contributed by atoms with Gasteiger partial charge in [-0.05, 0) is 73.5 Å². The van der Waals surface area contributed by atoms with Crippen LogP contribution in [0.15, 0.2) is 41.3 Å². The first-order chi connectivity index (χ1) is 18.3. The summed E-state index contributed by atoms with van der Waals surface area (Å²) >= 11 is 6.83. The van der Waals surface area contributed by atoms with Crippen molar-refractivity contribution in [3.8, 4) is 11.5 Å². The van der Waals surface area contributed by atoms with Crippen LogP contribution in [0.3, 0.4) is 0 Å². The van der Waals surface area contributed by atoms with Crippen molar-refractivity contribution >= 4 is 58.1 Å². The third kappa shape index (κ3) is 7.52. The quantitative estimate of drug-likeness (QED) is 0.257. The Morgan fingerprint density at radius 2 is 1.76 bits per heavy atom. The maximum atomic E-state index is 12.9. The molecule has 38 heavy (non-hydrogen) atoms. The maximum Gasteiger partial charge on any atom is 0.339 e. The van der Waals surface area contributed by atoms with Crippen LogP contribution in [-0.2, 0) is 14.3 Å². The minimum absolute atomic E-state index is 0.101. The number of rotatable bonds is 12. The van der Waals surface area contributed by atoms with Crippen molar-refractivity contribution in [1.29, 1.82) is 0 Å². The van der Waals surface area contributed by atoms with Crippen molar-refractivity contribution in [1.82, 2.24) is 4.90 Å². The van der Waals surface area contributed by atoms with E-state index in [1.54, 1.807) is 24.3 Å². The van der Waals surface area contributed by atoms with E-state index < -0.39 is 29.6 Å². The number of nitrogens with zero attached hydrogens (tertiary/aromatic N) is 1. The summed E-state index contributed by atoms with van der Waals surface area (Å²) in [7, 11) is 0. The zero-order chi connectivity index (χ0) is 27.7. The molecule has 0 saturated carbocycles. The van der Waals surface area contributed by atoms with Gasteiger partial charge in [0.2, 0.25) is 5.91 Å². The van der Waals surface area contributed by atoms with Crippen molar-refractivity contribution in [3.63, 3.8) is 0 Å². The molecule has 9 nitrogen and oxygen atoms in total. The van der Waals surface area contributed by atoms with Gasteiger partial charge in [-0.2, -0.15) is 0 Å². The number of halogens is 1. The second kappa shape index (κ2) is 13.9. The molecule has 0 bridgehead atoms. The third-order valence-corrected chi connectivity index (χ3v) is 6.35. The monoisotopic (exact) mass is 560 g/mol. The van der Waals surface area contributed by atoms with Gasteiger partial charge in [0.25, 0.3) is 11.1 Å². The van der Waals surface area contributed by atoms with Crippen molar-refractivity contribution in [2.75, 3.05) is 31.7 Å². The molecule has 2 aromatic rings. The molecular formula is C27H29ClN2O7S. The van der Waals surface area contributed by atoms with Crippen LogP contribution in [0.1, 0.15) is 49.5 Å². The first kappa shape index (κ1) is 29.1. The minimum Gasteiger partial charge on any atom is -0.490 e. The number of esters is 1. The first-order valence-electron chi connectivity index (χ1n) is 12.2. The highest BCUT2D eigenvalue weighted by Gasteiger charge is 2.36. The van der Waals surface area contributed by atoms with Crippen LogP contribution in [0.5, 0.6) is 11.5 Å². The normalized spacial score (nSPS) is 14.1. The van der Waals surface area contributed by atoms with E-state index in [4.69, 9.17) is 25.8 Å². The molecule has 1 saturated heterocycles. The number of hydrogen-bond donors (Lipinski definition) is 1. The Labute approximate surface area is 230 Å². The van der Waals surface area contributed by atoms with Crippen LogP contribution >= 0.6 is 23.4 Å². The zero-order valence-electron chi connectivity index (χ0n) is 21.4. The maximum absolute atomic E-state index is 12.9. The number of carbonyl (C=O) groups excluding carboxylic acids is 4. The lowest BCUT2D eigenvalue weighted by Crippen LogP contribution is -2.36. The van der Waals surface area contributed by atoms with Crippen LogP contribution in [0.2, 0.25) is 5.02 Å². The lowest BCUT2D eigenvalue weighted by atomic mass is 10.2. The fraction of sp³-hybridized carbons (Fsp3) is 0.333. The van der Waals surface area contributed by atoms with Gasteiger partial charge < -0.3 is 19.5 Å². The van der Waals surface area contributed by atoms with Gasteiger partial charge in [-0.3, -0.25) is 19.3 Å². The summed E-state index contributed by atoms with van der Waals surface area (Å²) in [5.74, 6) is -0.672. The molecule has 2 aromatic carbocycles. The van der Waals surface area contributed by atoms with Gasteiger partial charge in [0.1, 0.15) is 6.54 Å². The van der Waals surface area contributed by atoms with Crippen LogP contribution in [0.25, 0.3) is 6.08 Å². The molecule has 0 aromatic heterocycles. The zero-order valence-corrected chi connectivity index (χ0v) is 22.9. The van der Waals surface area contributed by atoms with E-state index in [0.29, 0.717) is 36.7 Å². The average Bonchev–Trinajstić information content (AvgIpc) is 3.15. The summed E-state index contributed by atoms with van der Waals surface area (Å²) in [6.07, 6.45) is 3.07. The summed E-state index contributed by atoms with van der Waals surface area (Å²) < 4.78 is 16.5. The van der Waals surface area contributed by atoms with Gasteiger partial charge >= 0.3 is 5.97 Å². The minimum atomic E-state index is -0.611. The Balaban J connectivity index is 1.69. The molecule has 0 aliphatic carbocycles. The van der Waals surface area contributed by atoms with E-state index in [9.17, 15) is 19.2 Å². The lowest BCUT2D eigenvalue weighted by molar-refractivity contribution is -0.127. The molecule has 0 unspecified atom stereocenters. The molecular weight excluding hydrogens is 532 g/mol. The molecule has 3 rings (SSSR count). The molecule has 11 heteroatoms. The highest BCUT2D eigenvalue weighted by atomic mass is 35.5. The summed E-state index contributed by atoms with van der Waals surface area (Å²) in [5, 5.41) is 2.20. The van der Waals surface area contributed by atoms with Gasteiger partial charge in [0, 0.05) is 5.69 Å². The Bertz CT molecular complexity index is 1250. The van der Waals surface area contributed by atoms with E-state index in [2.05, 4.69) is 5.32 Å². The molecule has 3 amide bonds.